The van der Waals surface area contributed by atoms with Crippen LogP contribution in [-0.2, 0) is 11.3 Å². The molecule has 2 rings (SSSR count). The number of benzene rings is 1. The second-order valence-corrected chi connectivity index (χ2v) is 6.47. The normalized spacial score (nSPS) is 20.3. The van der Waals surface area contributed by atoms with Gasteiger partial charge in [-0.3, -0.25) is 4.79 Å². The van der Waals surface area contributed by atoms with Gasteiger partial charge in [0.15, 0.2) is 0 Å². The monoisotopic (exact) mass is 333 g/mol. The predicted octanol–water partition coefficient (Wildman–Crippen LogP) is 2.15. The molecule has 1 aliphatic rings. The minimum Gasteiger partial charge on any atom is -0.492 e. The first-order chi connectivity index (χ1) is 11.6. The van der Waals surface area contributed by atoms with Crippen LogP contribution in [0.15, 0.2) is 24.3 Å². The lowest BCUT2D eigenvalue weighted by Crippen LogP contribution is -2.30. The van der Waals surface area contributed by atoms with Crippen LogP contribution >= 0.6 is 0 Å². The number of likely N-dealkylation sites (N-methyl/N-ethyl adjacent to an activating group) is 1. The van der Waals surface area contributed by atoms with Crippen LogP contribution < -0.4 is 15.8 Å². The summed E-state index contributed by atoms with van der Waals surface area (Å²) in [7, 11) is 0. The highest BCUT2D eigenvalue weighted by atomic mass is 16.5. The van der Waals surface area contributed by atoms with Gasteiger partial charge in [0.25, 0.3) is 0 Å². The van der Waals surface area contributed by atoms with Crippen LogP contribution in [0.4, 0.5) is 0 Å². The van der Waals surface area contributed by atoms with Gasteiger partial charge in [0.1, 0.15) is 12.4 Å². The second-order valence-electron chi connectivity index (χ2n) is 6.47. The molecule has 1 aliphatic carbocycles. The highest BCUT2D eigenvalue weighted by Gasteiger charge is 2.27. The SMILES string of the molecule is CCN(CC)CCOc1ccccc1CNC(=O)C1CCC(N)C1. The summed E-state index contributed by atoms with van der Waals surface area (Å²) < 4.78 is 5.93. The first-order valence-electron chi connectivity index (χ1n) is 9.10. The van der Waals surface area contributed by atoms with Crippen molar-refractivity contribution in [3.05, 3.63) is 29.8 Å². The summed E-state index contributed by atoms with van der Waals surface area (Å²) in [5.41, 5.74) is 6.91. The number of rotatable bonds is 9. The highest BCUT2D eigenvalue weighted by Crippen LogP contribution is 2.24. The maximum absolute atomic E-state index is 12.2. The van der Waals surface area contributed by atoms with Gasteiger partial charge in [-0.1, -0.05) is 32.0 Å². The van der Waals surface area contributed by atoms with E-state index < -0.39 is 0 Å². The predicted molar refractivity (Wildman–Crippen MR) is 96.9 cm³/mol. The van der Waals surface area contributed by atoms with E-state index in [1.807, 2.05) is 24.3 Å². The van der Waals surface area contributed by atoms with E-state index in [4.69, 9.17) is 10.5 Å². The fraction of sp³-hybridized carbons (Fsp3) is 0.632. The van der Waals surface area contributed by atoms with Crippen molar-refractivity contribution < 1.29 is 9.53 Å². The molecule has 0 saturated heterocycles. The molecule has 0 bridgehead atoms. The van der Waals surface area contributed by atoms with E-state index in [0.717, 1.165) is 50.2 Å². The van der Waals surface area contributed by atoms with E-state index in [1.165, 1.54) is 0 Å². The van der Waals surface area contributed by atoms with Crippen LogP contribution in [0.2, 0.25) is 0 Å². The number of nitrogens with one attached hydrogen (secondary N) is 1. The minimum atomic E-state index is 0.0655. The van der Waals surface area contributed by atoms with Gasteiger partial charge in [-0.15, -0.1) is 0 Å². The Kier molecular flexibility index (Phi) is 7.53. The molecule has 1 fully saturated rings. The Balaban J connectivity index is 1.83. The number of ether oxygens (including phenoxy) is 1. The number of hydrogen-bond donors (Lipinski definition) is 2. The number of nitrogens with two attached hydrogens (primary N) is 1. The zero-order valence-corrected chi connectivity index (χ0v) is 15.0. The molecule has 5 heteroatoms. The van der Waals surface area contributed by atoms with E-state index in [9.17, 15) is 4.79 Å². The van der Waals surface area contributed by atoms with Crippen LogP contribution in [-0.4, -0.2) is 43.1 Å². The van der Waals surface area contributed by atoms with E-state index in [0.29, 0.717) is 13.2 Å². The maximum Gasteiger partial charge on any atom is 0.223 e. The number of hydrogen-bond acceptors (Lipinski definition) is 4. The van der Waals surface area contributed by atoms with E-state index in [-0.39, 0.29) is 17.9 Å². The van der Waals surface area contributed by atoms with Gasteiger partial charge in [0, 0.05) is 30.6 Å². The lowest BCUT2D eigenvalue weighted by Gasteiger charge is -2.19. The maximum atomic E-state index is 12.2. The molecule has 1 saturated carbocycles. The third-order valence-corrected chi connectivity index (χ3v) is 4.83. The summed E-state index contributed by atoms with van der Waals surface area (Å²) in [4.78, 5) is 14.6. The zero-order chi connectivity index (χ0) is 17.4. The third-order valence-electron chi connectivity index (χ3n) is 4.83. The molecule has 1 amide bonds. The van der Waals surface area contributed by atoms with Crippen LogP contribution in [0.1, 0.15) is 38.7 Å². The fourth-order valence-corrected chi connectivity index (χ4v) is 3.20. The van der Waals surface area contributed by atoms with E-state index in [2.05, 4.69) is 24.1 Å². The Morgan fingerprint density at radius 3 is 2.71 bits per heavy atom. The van der Waals surface area contributed by atoms with Crippen molar-refractivity contribution in [2.75, 3.05) is 26.2 Å². The number of carbonyl (C=O) groups is 1. The number of amides is 1. The molecule has 3 N–H and O–H groups in total. The smallest absolute Gasteiger partial charge is 0.223 e. The largest absolute Gasteiger partial charge is 0.492 e. The van der Waals surface area contributed by atoms with Gasteiger partial charge in [-0.2, -0.15) is 0 Å². The fourth-order valence-electron chi connectivity index (χ4n) is 3.20. The van der Waals surface area contributed by atoms with Crippen molar-refractivity contribution in [3.63, 3.8) is 0 Å². The van der Waals surface area contributed by atoms with Crippen LogP contribution in [0.25, 0.3) is 0 Å². The Morgan fingerprint density at radius 1 is 1.29 bits per heavy atom. The molecule has 0 aromatic heterocycles. The second kappa shape index (κ2) is 9.64. The van der Waals surface area contributed by atoms with Gasteiger partial charge in [-0.05, 0) is 38.4 Å². The van der Waals surface area contributed by atoms with Crippen LogP contribution in [0.3, 0.4) is 0 Å². The van der Waals surface area contributed by atoms with E-state index >= 15 is 0 Å². The highest BCUT2D eigenvalue weighted by molar-refractivity contribution is 5.79. The molecule has 1 aromatic rings. The van der Waals surface area contributed by atoms with Gasteiger partial charge >= 0.3 is 0 Å². The molecule has 2 unspecified atom stereocenters. The Bertz CT molecular complexity index is 517. The first-order valence-corrected chi connectivity index (χ1v) is 9.10. The summed E-state index contributed by atoms with van der Waals surface area (Å²) in [5.74, 6) is 1.03. The van der Waals surface area contributed by atoms with Gasteiger partial charge in [0.05, 0.1) is 0 Å². The van der Waals surface area contributed by atoms with Crippen LogP contribution in [0, 0.1) is 5.92 Å². The van der Waals surface area contributed by atoms with Crippen molar-refractivity contribution in [3.8, 4) is 5.75 Å². The molecule has 0 spiro atoms. The summed E-state index contributed by atoms with van der Waals surface area (Å²) in [6.07, 6.45) is 2.64. The average Bonchev–Trinajstić information content (AvgIpc) is 3.04. The molecule has 2 atom stereocenters. The molecule has 0 heterocycles. The summed E-state index contributed by atoms with van der Waals surface area (Å²) in [5, 5.41) is 3.04. The molecule has 1 aromatic carbocycles. The molecular weight excluding hydrogens is 302 g/mol. The third kappa shape index (κ3) is 5.49. The van der Waals surface area contributed by atoms with Gasteiger partial charge < -0.3 is 20.7 Å². The Morgan fingerprint density at radius 2 is 2.04 bits per heavy atom. The van der Waals surface area contributed by atoms with Crippen molar-refractivity contribution in [2.24, 2.45) is 11.7 Å². The molecule has 0 radical (unpaired) electrons. The van der Waals surface area contributed by atoms with Gasteiger partial charge in [0.2, 0.25) is 5.91 Å². The average molecular weight is 333 g/mol. The summed E-state index contributed by atoms with van der Waals surface area (Å²) in [6, 6.07) is 8.09. The topological polar surface area (TPSA) is 67.6 Å². The number of carbonyl (C=O) groups excluding carboxylic acids is 1. The zero-order valence-electron chi connectivity index (χ0n) is 15.0. The standard InChI is InChI=1S/C19H31N3O2/c1-3-22(4-2)11-12-24-18-8-6-5-7-16(18)14-21-19(23)15-9-10-17(20)13-15/h5-8,15,17H,3-4,9-14,20H2,1-2H3,(H,21,23). The van der Waals surface area contributed by atoms with Crippen molar-refractivity contribution in [1.82, 2.24) is 10.2 Å². The molecule has 0 aliphatic heterocycles. The molecule has 24 heavy (non-hydrogen) atoms. The number of para-hydroxylation sites is 1. The summed E-state index contributed by atoms with van der Waals surface area (Å²) in [6.45, 7) is 8.44. The molecule has 5 nitrogen and oxygen atoms in total. The Labute approximate surface area is 145 Å². The summed E-state index contributed by atoms with van der Waals surface area (Å²) >= 11 is 0. The van der Waals surface area contributed by atoms with E-state index in [1.54, 1.807) is 0 Å². The lowest BCUT2D eigenvalue weighted by atomic mass is 10.1. The van der Waals surface area contributed by atoms with Crippen molar-refractivity contribution >= 4 is 5.91 Å². The van der Waals surface area contributed by atoms with Crippen molar-refractivity contribution in [1.29, 1.82) is 0 Å². The lowest BCUT2D eigenvalue weighted by molar-refractivity contribution is -0.125. The molecular formula is C19H31N3O2. The van der Waals surface area contributed by atoms with Gasteiger partial charge in [-0.25, -0.2) is 0 Å². The minimum absolute atomic E-state index is 0.0655. The quantitative estimate of drug-likeness (QED) is 0.727. The first kappa shape index (κ1) is 18.7. The number of nitrogens with zero attached hydrogens (tertiary/aromatic N) is 1. The Hall–Kier alpha value is -1.59. The van der Waals surface area contributed by atoms with Crippen molar-refractivity contribution in [2.45, 2.75) is 45.7 Å². The molecule has 134 valence electrons. The van der Waals surface area contributed by atoms with Crippen LogP contribution in [0.5, 0.6) is 5.75 Å².